The van der Waals surface area contributed by atoms with Crippen LogP contribution >= 0.6 is 11.6 Å². The second-order valence-corrected chi connectivity index (χ2v) is 4.86. The molecule has 0 aliphatic carbocycles. The number of amides is 4. The average Bonchev–Trinajstić information content (AvgIpc) is 2.63. The van der Waals surface area contributed by atoms with Crippen LogP contribution in [0.5, 0.6) is 0 Å². The molecule has 0 aromatic carbocycles. The van der Waals surface area contributed by atoms with Gasteiger partial charge in [0, 0.05) is 6.42 Å². The quantitative estimate of drug-likeness (QED) is 0.587. The number of pyridine rings is 1. The molecule has 1 fully saturated rings. The largest absolute Gasteiger partial charge is 0.295 e. The Morgan fingerprint density at radius 2 is 1.95 bits per heavy atom. The van der Waals surface area contributed by atoms with E-state index in [0.29, 0.717) is 0 Å². The van der Waals surface area contributed by atoms with E-state index < -0.39 is 29.7 Å². The molecule has 0 bridgehead atoms. The van der Waals surface area contributed by atoms with Crippen molar-refractivity contribution in [2.75, 3.05) is 0 Å². The minimum atomic E-state index is -0.985. The molecule has 1 atom stereocenters. The lowest BCUT2D eigenvalue weighted by Gasteiger charge is -2.27. The molecule has 1 unspecified atom stereocenters. The molecule has 2 aliphatic heterocycles. The van der Waals surface area contributed by atoms with Crippen LogP contribution in [0.4, 0.5) is 0 Å². The topological polar surface area (TPSA) is 96.4 Å². The molecule has 102 valence electrons. The monoisotopic (exact) mass is 293 g/mol. The third-order valence-electron chi connectivity index (χ3n) is 3.25. The van der Waals surface area contributed by atoms with E-state index in [2.05, 4.69) is 10.3 Å². The van der Waals surface area contributed by atoms with E-state index >= 15 is 0 Å². The van der Waals surface area contributed by atoms with E-state index in [-0.39, 0.29) is 29.3 Å². The smallest absolute Gasteiger partial charge is 0.280 e. The van der Waals surface area contributed by atoms with Crippen LogP contribution in [0.2, 0.25) is 5.15 Å². The lowest BCUT2D eigenvalue weighted by atomic mass is 10.0. The zero-order valence-electron chi connectivity index (χ0n) is 10.1. The predicted octanol–water partition coefficient (Wildman–Crippen LogP) is 0.136. The maximum atomic E-state index is 12.2. The summed E-state index contributed by atoms with van der Waals surface area (Å²) in [6.07, 6.45) is 0.196. The van der Waals surface area contributed by atoms with E-state index in [0.717, 1.165) is 4.90 Å². The highest BCUT2D eigenvalue weighted by atomic mass is 35.5. The van der Waals surface area contributed by atoms with Gasteiger partial charge in [-0.2, -0.15) is 0 Å². The van der Waals surface area contributed by atoms with Gasteiger partial charge in [-0.25, -0.2) is 4.98 Å². The van der Waals surface area contributed by atoms with Gasteiger partial charge in [-0.15, -0.1) is 0 Å². The summed E-state index contributed by atoms with van der Waals surface area (Å²) >= 11 is 5.70. The second kappa shape index (κ2) is 4.38. The maximum absolute atomic E-state index is 12.2. The van der Waals surface area contributed by atoms with Crippen LogP contribution < -0.4 is 5.32 Å². The number of aromatic nitrogens is 1. The van der Waals surface area contributed by atoms with Gasteiger partial charge in [-0.3, -0.25) is 29.4 Å². The predicted molar refractivity (Wildman–Crippen MR) is 65.9 cm³/mol. The Balaban J connectivity index is 1.97. The molecule has 0 saturated carbocycles. The molecule has 1 aromatic heterocycles. The number of carbonyl (C=O) groups is 4. The van der Waals surface area contributed by atoms with Gasteiger partial charge in [0.25, 0.3) is 11.8 Å². The van der Waals surface area contributed by atoms with Crippen LogP contribution in [0.3, 0.4) is 0 Å². The summed E-state index contributed by atoms with van der Waals surface area (Å²) in [5.74, 6) is -2.32. The highest BCUT2D eigenvalue weighted by Crippen LogP contribution is 2.27. The molecule has 3 rings (SSSR count). The summed E-state index contributed by atoms with van der Waals surface area (Å²) in [5.41, 5.74) is 0.0521. The first-order valence-electron chi connectivity index (χ1n) is 5.87. The lowest BCUT2D eigenvalue weighted by molar-refractivity contribution is -0.136. The summed E-state index contributed by atoms with van der Waals surface area (Å²) in [4.78, 5) is 52.0. The van der Waals surface area contributed by atoms with Crippen LogP contribution in [0.1, 0.15) is 33.7 Å². The average molecular weight is 294 g/mol. The van der Waals surface area contributed by atoms with Crippen LogP contribution in [-0.4, -0.2) is 39.6 Å². The molecule has 4 amide bonds. The van der Waals surface area contributed by atoms with Gasteiger partial charge in [-0.1, -0.05) is 11.6 Å². The van der Waals surface area contributed by atoms with Gasteiger partial charge in [0.05, 0.1) is 5.56 Å². The highest BCUT2D eigenvalue weighted by Gasteiger charge is 2.45. The number of halogens is 1. The van der Waals surface area contributed by atoms with Crippen LogP contribution in [0, 0.1) is 0 Å². The van der Waals surface area contributed by atoms with Crippen LogP contribution in [-0.2, 0) is 9.59 Å². The summed E-state index contributed by atoms with van der Waals surface area (Å²) in [5, 5.41) is 2.21. The van der Waals surface area contributed by atoms with E-state index in [4.69, 9.17) is 11.6 Å². The number of hydrogen-bond donors (Lipinski definition) is 1. The Morgan fingerprint density at radius 3 is 2.65 bits per heavy atom. The zero-order valence-corrected chi connectivity index (χ0v) is 10.8. The number of piperidine rings is 1. The molecule has 0 spiro atoms. The second-order valence-electron chi connectivity index (χ2n) is 4.48. The number of nitrogens with one attached hydrogen (secondary N) is 1. The Labute approximate surface area is 117 Å². The number of imide groups is 2. The summed E-state index contributed by atoms with van der Waals surface area (Å²) in [6.45, 7) is 0. The van der Waals surface area contributed by atoms with Crippen molar-refractivity contribution in [2.45, 2.75) is 18.9 Å². The fourth-order valence-electron chi connectivity index (χ4n) is 2.32. The Kier molecular flexibility index (Phi) is 2.79. The number of carbonyl (C=O) groups excluding carboxylic acids is 4. The molecule has 8 heteroatoms. The van der Waals surface area contributed by atoms with E-state index in [1.54, 1.807) is 0 Å². The molecule has 2 aliphatic rings. The molecule has 7 nitrogen and oxygen atoms in total. The van der Waals surface area contributed by atoms with Gasteiger partial charge in [0.15, 0.2) is 0 Å². The van der Waals surface area contributed by atoms with Crippen LogP contribution in [0.25, 0.3) is 0 Å². The van der Waals surface area contributed by atoms with E-state index in [1.807, 2.05) is 0 Å². The summed E-state index contributed by atoms with van der Waals surface area (Å²) in [6, 6.07) is 1.82. The fraction of sp³-hybridized carbons (Fsp3) is 0.250. The third kappa shape index (κ3) is 1.78. The normalized spacial score (nSPS) is 22.1. The molecular formula is C12H8ClN3O4. The van der Waals surface area contributed by atoms with Crippen LogP contribution in [0.15, 0.2) is 12.1 Å². The zero-order chi connectivity index (χ0) is 14.4. The molecule has 0 radical (unpaired) electrons. The number of nitrogens with zero attached hydrogens (tertiary/aromatic N) is 2. The van der Waals surface area contributed by atoms with E-state index in [9.17, 15) is 19.2 Å². The Bertz CT molecular complexity index is 673. The third-order valence-corrected chi connectivity index (χ3v) is 3.46. The highest BCUT2D eigenvalue weighted by molar-refractivity contribution is 6.30. The van der Waals surface area contributed by atoms with Crippen molar-refractivity contribution in [3.8, 4) is 0 Å². The van der Waals surface area contributed by atoms with Gasteiger partial charge in [0.2, 0.25) is 11.8 Å². The number of fused-ring (bicyclic) bond motifs is 1. The van der Waals surface area contributed by atoms with Crippen molar-refractivity contribution in [2.24, 2.45) is 0 Å². The molecule has 1 N–H and O–H groups in total. The number of hydrogen-bond acceptors (Lipinski definition) is 5. The van der Waals surface area contributed by atoms with Gasteiger partial charge >= 0.3 is 0 Å². The first kappa shape index (κ1) is 12.7. The minimum absolute atomic E-state index is 0.0628. The first-order chi connectivity index (χ1) is 9.49. The Hall–Kier alpha value is -2.28. The standard InChI is InChI=1S/C12H8ClN3O4/c13-7-3-1-5-9(14-7)12(20)16(11(5)19)6-2-4-8(17)15-10(6)18/h1,3,6H,2,4H2,(H,15,17,18). The maximum Gasteiger partial charge on any atom is 0.280 e. The lowest BCUT2D eigenvalue weighted by Crippen LogP contribution is -2.54. The van der Waals surface area contributed by atoms with E-state index in [1.165, 1.54) is 12.1 Å². The molecule has 1 saturated heterocycles. The summed E-state index contributed by atoms with van der Waals surface area (Å²) in [7, 11) is 0. The van der Waals surface area contributed by atoms with Crippen molar-refractivity contribution in [1.82, 2.24) is 15.2 Å². The van der Waals surface area contributed by atoms with Gasteiger partial charge in [-0.05, 0) is 18.6 Å². The van der Waals surface area contributed by atoms with Gasteiger partial charge < -0.3 is 0 Å². The fourth-order valence-corrected chi connectivity index (χ4v) is 2.47. The first-order valence-corrected chi connectivity index (χ1v) is 6.25. The van der Waals surface area contributed by atoms with Gasteiger partial charge in [0.1, 0.15) is 16.9 Å². The van der Waals surface area contributed by atoms with Crippen molar-refractivity contribution in [3.05, 3.63) is 28.5 Å². The molecule has 3 heterocycles. The number of rotatable bonds is 1. The van der Waals surface area contributed by atoms with Crippen molar-refractivity contribution >= 4 is 35.2 Å². The summed E-state index contributed by atoms with van der Waals surface area (Å²) < 4.78 is 0. The SMILES string of the molecule is O=C1CCC(N2C(=O)c3ccc(Cl)nc3C2=O)C(=O)N1. The Morgan fingerprint density at radius 1 is 1.20 bits per heavy atom. The van der Waals surface area contributed by atoms with Crippen molar-refractivity contribution in [3.63, 3.8) is 0 Å². The molecular weight excluding hydrogens is 286 g/mol. The van der Waals surface area contributed by atoms with Crippen molar-refractivity contribution < 1.29 is 19.2 Å². The minimum Gasteiger partial charge on any atom is -0.295 e. The van der Waals surface area contributed by atoms with Crippen molar-refractivity contribution in [1.29, 1.82) is 0 Å². The molecule has 1 aromatic rings. The molecule has 20 heavy (non-hydrogen) atoms.